The van der Waals surface area contributed by atoms with Crippen molar-refractivity contribution in [2.75, 3.05) is 6.73 Å². The van der Waals surface area contributed by atoms with Crippen LogP contribution in [0.2, 0.25) is 0 Å². The van der Waals surface area contributed by atoms with Gasteiger partial charge in [0.25, 0.3) is 0 Å². The number of nitrogens with one attached hydrogen (secondary N) is 1. The third-order valence-corrected chi connectivity index (χ3v) is 1.03. The number of unbranched alkanes of at least 4 members (excludes halogenated alkanes) is 1. The van der Waals surface area contributed by atoms with Crippen LogP contribution >= 0.6 is 0 Å². The van der Waals surface area contributed by atoms with E-state index >= 15 is 0 Å². The zero-order valence-electron chi connectivity index (χ0n) is 5.64. The molecular weight excluding hydrogens is 118 g/mol. The van der Waals surface area contributed by atoms with Gasteiger partial charge in [0.15, 0.2) is 6.73 Å². The maximum Gasteiger partial charge on any atom is 0.221 e. The highest BCUT2D eigenvalue weighted by atomic mass is 16.3. The summed E-state index contributed by atoms with van der Waals surface area (Å²) in [6.07, 6.45) is 2.34. The van der Waals surface area contributed by atoms with Crippen molar-refractivity contribution in [2.45, 2.75) is 26.2 Å². The lowest BCUT2D eigenvalue weighted by Gasteiger charge is -1.96. The van der Waals surface area contributed by atoms with Gasteiger partial charge in [0.2, 0.25) is 5.91 Å². The smallest absolute Gasteiger partial charge is 0.221 e. The Morgan fingerprint density at radius 3 is 2.67 bits per heavy atom. The fourth-order valence-corrected chi connectivity index (χ4v) is 0.506. The summed E-state index contributed by atoms with van der Waals surface area (Å²) in [6, 6.07) is 0. The topological polar surface area (TPSA) is 49.0 Å². The van der Waals surface area contributed by atoms with Crippen molar-refractivity contribution in [1.82, 2.24) is 5.32 Å². The Bertz CT molecular complexity index is 83.1. The van der Waals surface area contributed by atoms with Gasteiger partial charge in [-0.1, -0.05) is 13.3 Å². The predicted octanol–water partition coefficient (Wildman–Crippen LogP) is 0.681. The van der Waals surface area contributed by atoms with Crippen molar-refractivity contribution in [3.05, 3.63) is 0 Å². The molecule has 0 aliphatic rings. The van der Waals surface area contributed by atoms with E-state index in [4.69, 9.17) is 0 Å². The van der Waals surface area contributed by atoms with Gasteiger partial charge in [0.05, 0.1) is 0 Å². The van der Waals surface area contributed by atoms with E-state index < -0.39 is 6.73 Å². The van der Waals surface area contributed by atoms with Crippen LogP contribution in [0.4, 0.5) is 0 Å². The highest BCUT2D eigenvalue weighted by Gasteiger charge is 1.95. The molecule has 0 bridgehead atoms. The van der Waals surface area contributed by atoms with E-state index in [2.05, 4.69) is 5.32 Å². The van der Waals surface area contributed by atoms with Crippen molar-refractivity contribution < 1.29 is 9.90 Å². The first kappa shape index (κ1) is 8.43. The number of amides is 1. The van der Waals surface area contributed by atoms with E-state index in [9.17, 15) is 9.90 Å². The van der Waals surface area contributed by atoms with E-state index in [1.54, 1.807) is 0 Å². The van der Waals surface area contributed by atoms with Crippen LogP contribution in [0.25, 0.3) is 0 Å². The molecule has 0 atom stereocenters. The zero-order valence-corrected chi connectivity index (χ0v) is 5.64. The predicted molar refractivity (Wildman–Crippen MR) is 33.2 cm³/mol. The third kappa shape index (κ3) is 5.30. The van der Waals surface area contributed by atoms with E-state index in [1.165, 1.54) is 0 Å². The fourth-order valence-electron chi connectivity index (χ4n) is 0.506. The van der Waals surface area contributed by atoms with Gasteiger partial charge in [-0.05, 0) is 6.42 Å². The van der Waals surface area contributed by atoms with Crippen molar-refractivity contribution >= 4 is 5.91 Å². The molecule has 0 fully saturated rings. The van der Waals surface area contributed by atoms with Crippen LogP contribution in [0.15, 0.2) is 0 Å². The van der Waals surface area contributed by atoms with Gasteiger partial charge in [0, 0.05) is 6.42 Å². The molecule has 0 saturated heterocycles. The van der Waals surface area contributed by atoms with Gasteiger partial charge >= 0.3 is 0 Å². The van der Waals surface area contributed by atoms with Gasteiger partial charge < -0.3 is 5.32 Å². The second-order valence-corrected chi connectivity index (χ2v) is 1.85. The molecule has 0 aromatic rings. The monoisotopic (exact) mass is 130 g/mol. The molecule has 1 amide bonds. The standard InChI is InChI=1S/C6H12NO2/c1-2-3-4-6(9)7-5-8/h2-5H2,1H3,(H,7,9). The largest absolute Gasteiger partial charge is 0.331 e. The third-order valence-electron chi connectivity index (χ3n) is 1.03. The summed E-state index contributed by atoms with van der Waals surface area (Å²) in [5, 5.41) is 12.0. The SMILES string of the molecule is CCCCC(=O)NC[O]. The molecule has 53 valence electrons. The molecule has 9 heavy (non-hydrogen) atoms. The van der Waals surface area contributed by atoms with E-state index in [1.807, 2.05) is 6.92 Å². The summed E-state index contributed by atoms with van der Waals surface area (Å²) in [5.41, 5.74) is 0. The summed E-state index contributed by atoms with van der Waals surface area (Å²) in [6.45, 7) is 1.51. The molecule has 0 aliphatic carbocycles. The number of hydrogen-bond acceptors (Lipinski definition) is 1. The van der Waals surface area contributed by atoms with Crippen molar-refractivity contribution in [2.24, 2.45) is 0 Å². The van der Waals surface area contributed by atoms with Crippen LogP contribution < -0.4 is 5.32 Å². The van der Waals surface area contributed by atoms with Gasteiger partial charge in [-0.2, -0.15) is 0 Å². The summed E-state index contributed by atoms with van der Waals surface area (Å²) >= 11 is 0. The highest BCUT2D eigenvalue weighted by Crippen LogP contribution is 1.91. The van der Waals surface area contributed by atoms with Crippen LogP contribution in [-0.2, 0) is 9.90 Å². The molecule has 1 radical (unpaired) electrons. The Morgan fingerprint density at radius 1 is 1.56 bits per heavy atom. The van der Waals surface area contributed by atoms with Crippen molar-refractivity contribution in [1.29, 1.82) is 0 Å². The zero-order chi connectivity index (χ0) is 7.11. The Labute approximate surface area is 55.1 Å². The van der Waals surface area contributed by atoms with Gasteiger partial charge in [-0.3, -0.25) is 4.79 Å². The average molecular weight is 130 g/mol. The second kappa shape index (κ2) is 5.56. The molecule has 0 saturated carbocycles. The molecule has 0 heterocycles. The molecule has 0 unspecified atom stereocenters. The van der Waals surface area contributed by atoms with E-state index in [-0.39, 0.29) is 5.91 Å². The minimum absolute atomic E-state index is 0.133. The maximum atomic E-state index is 10.5. The second-order valence-electron chi connectivity index (χ2n) is 1.85. The molecule has 1 N–H and O–H groups in total. The Kier molecular flexibility index (Phi) is 5.21. The number of carbonyl (C=O) groups excluding carboxylic acids is 1. The first-order chi connectivity index (χ1) is 4.31. The first-order valence-electron chi connectivity index (χ1n) is 3.16. The maximum absolute atomic E-state index is 10.5. The van der Waals surface area contributed by atoms with Crippen LogP contribution in [0.3, 0.4) is 0 Å². The molecular formula is C6H12NO2. The quantitative estimate of drug-likeness (QED) is 0.559. The van der Waals surface area contributed by atoms with Crippen molar-refractivity contribution in [3.63, 3.8) is 0 Å². The van der Waals surface area contributed by atoms with E-state index in [0.29, 0.717) is 6.42 Å². The molecule has 0 aromatic carbocycles. The Morgan fingerprint density at radius 2 is 2.22 bits per heavy atom. The number of rotatable bonds is 4. The Balaban J connectivity index is 3.06. The molecule has 0 spiro atoms. The minimum atomic E-state index is -0.497. The summed E-state index contributed by atoms with van der Waals surface area (Å²) in [5.74, 6) is -0.133. The van der Waals surface area contributed by atoms with Crippen LogP contribution in [-0.4, -0.2) is 12.6 Å². The minimum Gasteiger partial charge on any atom is -0.331 e. The molecule has 0 aliphatic heterocycles. The normalized spacial score (nSPS) is 9.11. The summed E-state index contributed by atoms with van der Waals surface area (Å²) < 4.78 is 0. The lowest BCUT2D eigenvalue weighted by Crippen LogP contribution is -2.22. The van der Waals surface area contributed by atoms with Crippen LogP contribution in [0, 0.1) is 0 Å². The van der Waals surface area contributed by atoms with Gasteiger partial charge in [-0.25, -0.2) is 5.11 Å². The molecule has 0 aromatic heterocycles. The summed E-state index contributed by atoms with van der Waals surface area (Å²) in [4.78, 5) is 10.5. The van der Waals surface area contributed by atoms with Crippen LogP contribution in [0.1, 0.15) is 26.2 Å². The van der Waals surface area contributed by atoms with Gasteiger partial charge in [-0.15, -0.1) is 0 Å². The molecule has 3 nitrogen and oxygen atoms in total. The average Bonchev–Trinajstić information content (AvgIpc) is 1.85. The van der Waals surface area contributed by atoms with Gasteiger partial charge in [0.1, 0.15) is 0 Å². The number of hydrogen-bond donors (Lipinski definition) is 1. The van der Waals surface area contributed by atoms with Crippen molar-refractivity contribution in [3.8, 4) is 0 Å². The number of carbonyl (C=O) groups is 1. The lowest BCUT2D eigenvalue weighted by atomic mass is 10.2. The van der Waals surface area contributed by atoms with E-state index in [0.717, 1.165) is 12.8 Å². The molecule has 3 heteroatoms. The summed E-state index contributed by atoms with van der Waals surface area (Å²) in [7, 11) is 0. The highest BCUT2D eigenvalue weighted by molar-refractivity contribution is 5.75. The van der Waals surface area contributed by atoms with Crippen LogP contribution in [0.5, 0.6) is 0 Å². The fraction of sp³-hybridized carbons (Fsp3) is 0.833. The lowest BCUT2D eigenvalue weighted by molar-refractivity contribution is -0.122. The molecule has 0 rings (SSSR count). The first-order valence-corrected chi connectivity index (χ1v) is 3.16. The Hall–Kier alpha value is -0.570.